The van der Waals surface area contributed by atoms with E-state index in [2.05, 4.69) is 0 Å². The molecule has 1 N–H and O–H groups in total. The Morgan fingerprint density at radius 2 is 2.12 bits per heavy atom. The molecule has 17 heavy (non-hydrogen) atoms. The van der Waals surface area contributed by atoms with Crippen molar-refractivity contribution in [1.29, 1.82) is 0 Å². The van der Waals surface area contributed by atoms with Gasteiger partial charge in [0.2, 0.25) is 0 Å². The summed E-state index contributed by atoms with van der Waals surface area (Å²) in [5.41, 5.74) is 1.66. The number of carboxylic acid groups (broad SMARTS) is 1. The summed E-state index contributed by atoms with van der Waals surface area (Å²) in [6.07, 6.45) is 2.37. The molecule has 0 fully saturated rings. The number of aliphatic carboxylic acids is 1. The normalized spacial score (nSPS) is 10.6. The Bertz CT molecular complexity index is 628. The average Bonchev–Trinajstić information content (AvgIpc) is 2.32. The second-order valence-electron chi connectivity index (χ2n) is 3.91. The molecule has 0 saturated heterocycles. The molecule has 0 aliphatic rings. The minimum atomic E-state index is -0.922. The highest BCUT2D eigenvalue weighted by molar-refractivity contribution is 5.81. The molecule has 4 nitrogen and oxygen atoms in total. The van der Waals surface area contributed by atoms with Gasteiger partial charge in [0.05, 0.1) is 5.52 Å². The maximum Gasteiger partial charge on any atom is 0.323 e. The minimum absolute atomic E-state index is 0.0723. The minimum Gasteiger partial charge on any atom is -0.480 e. The largest absolute Gasteiger partial charge is 0.480 e. The molecule has 0 amide bonds. The first-order valence-electron chi connectivity index (χ1n) is 5.45. The Morgan fingerprint density at radius 1 is 1.35 bits per heavy atom. The fraction of sp³-hybridized carbons (Fsp3) is 0.231. The third kappa shape index (κ3) is 2.20. The first kappa shape index (κ1) is 11.4. The SMILES string of the molecule is CCc1ccc2c(c1)c(=O)ccn2CC(=O)O. The number of hydrogen-bond donors (Lipinski definition) is 1. The van der Waals surface area contributed by atoms with E-state index in [1.165, 1.54) is 12.3 Å². The topological polar surface area (TPSA) is 59.3 Å². The van der Waals surface area contributed by atoms with Crippen molar-refractivity contribution in [2.24, 2.45) is 0 Å². The highest BCUT2D eigenvalue weighted by atomic mass is 16.4. The smallest absolute Gasteiger partial charge is 0.323 e. The Labute approximate surface area is 98.1 Å². The van der Waals surface area contributed by atoms with Crippen LogP contribution in [0.25, 0.3) is 10.9 Å². The quantitative estimate of drug-likeness (QED) is 0.873. The molecule has 0 atom stereocenters. The van der Waals surface area contributed by atoms with Gasteiger partial charge in [0, 0.05) is 17.6 Å². The number of carbonyl (C=O) groups is 1. The number of carboxylic acids is 1. The molecule has 0 unspecified atom stereocenters. The second kappa shape index (κ2) is 4.41. The van der Waals surface area contributed by atoms with Crippen LogP contribution in [-0.2, 0) is 17.8 Å². The van der Waals surface area contributed by atoms with Gasteiger partial charge in [0.15, 0.2) is 5.43 Å². The summed E-state index contributed by atoms with van der Waals surface area (Å²) in [6.45, 7) is 1.88. The van der Waals surface area contributed by atoms with Gasteiger partial charge in [-0.1, -0.05) is 13.0 Å². The predicted octanol–water partition coefficient (Wildman–Crippen LogP) is 1.65. The number of aryl methyl sites for hydroxylation is 1. The molecular weight excluding hydrogens is 218 g/mol. The first-order chi connectivity index (χ1) is 8.11. The van der Waals surface area contributed by atoms with E-state index >= 15 is 0 Å². The predicted molar refractivity (Wildman–Crippen MR) is 65.2 cm³/mol. The third-order valence-electron chi connectivity index (χ3n) is 2.76. The molecule has 0 aliphatic carbocycles. The molecule has 0 spiro atoms. The van der Waals surface area contributed by atoms with E-state index in [-0.39, 0.29) is 12.0 Å². The van der Waals surface area contributed by atoms with Crippen LogP contribution in [0.15, 0.2) is 35.3 Å². The summed E-state index contributed by atoms with van der Waals surface area (Å²) >= 11 is 0. The highest BCUT2D eigenvalue weighted by Gasteiger charge is 2.06. The van der Waals surface area contributed by atoms with Crippen LogP contribution in [0, 0.1) is 0 Å². The average molecular weight is 231 g/mol. The summed E-state index contributed by atoms with van der Waals surface area (Å²) in [6, 6.07) is 6.96. The molecule has 0 bridgehead atoms. The van der Waals surface area contributed by atoms with Crippen LogP contribution in [0.3, 0.4) is 0 Å². The molecule has 4 heteroatoms. The molecule has 1 heterocycles. The summed E-state index contributed by atoms with van der Waals surface area (Å²) in [5, 5.41) is 9.37. The Kier molecular flexibility index (Phi) is 2.95. The van der Waals surface area contributed by atoms with Gasteiger partial charge in [-0.2, -0.15) is 0 Å². The third-order valence-corrected chi connectivity index (χ3v) is 2.76. The van der Waals surface area contributed by atoms with Crippen LogP contribution in [-0.4, -0.2) is 15.6 Å². The van der Waals surface area contributed by atoms with Crippen molar-refractivity contribution in [2.45, 2.75) is 19.9 Å². The molecule has 0 saturated carbocycles. The molecule has 1 aromatic heterocycles. The summed E-state index contributed by atoms with van der Waals surface area (Å²) in [4.78, 5) is 22.4. The lowest BCUT2D eigenvalue weighted by Crippen LogP contribution is -2.13. The number of pyridine rings is 1. The van der Waals surface area contributed by atoms with Gasteiger partial charge >= 0.3 is 5.97 Å². The van der Waals surface area contributed by atoms with E-state index < -0.39 is 5.97 Å². The van der Waals surface area contributed by atoms with Crippen LogP contribution >= 0.6 is 0 Å². The van der Waals surface area contributed by atoms with Crippen LogP contribution in [0.4, 0.5) is 0 Å². The first-order valence-corrected chi connectivity index (χ1v) is 5.45. The summed E-state index contributed by atoms with van der Waals surface area (Å²) in [7, 11) is 0. The van der Waals surface area contributed by atoms with Crippen molar-refractivity contribution in [2.75, 3.05) is 0 Å². The number of rotatable bonds is 3. The zero-order valence-electron chi connectivity index (χ0n) is 9.51. The molecule has 0 radical (unpaired) electrons. The fourth-order valence-electron chi connectivity index (χ4n) is 1.86. The summed E-state index contributed by atoms with van der Waals surface area (Å²) < 4.78 is 1.57. The Morgan fingerprint density at radius 3 is 2.76 bits per heavy atom. The van der Waals surface area contributed by atoms with Gasteiger partial charge in [-0.15, -0.1) is 0 Å². The Hall–Kier alpha value is -2.10. The van der Waals surface area contributed by atoms with Crippen molar-refractivity contribution in [1.82, 2.24) is 4.57 Å². The van der Waals surface area contributed by atoms with Crippen molar-refractivity contribution in [3.8, 4) is 0 Å². The number of hydrogen-bond acceptors (Lipinski definition) is 2. The van der Waals surface area contributed by atoms with Crippen molar-refractivity contribution < 1.29 is 9.90 Å². The number of nitrogens with zero attached hydrogens (tertiary/aromatic N) is 1. The maximum absolute atomic E-state index is 11.7. The summed E-state index contributed by atoms with van der Waals surface area (Å²) in [5.74, 6) is -0.922. The van der Waals surface area contributed by atoms with Crippen LogP contribution < -0.4 is 5.43 Å². The van der Waals surface area contributed by atoms with Crippen LogP contribution in [0.2, 0.25) is 0 Å². The van der Waals surface area contributed by atoms with Gasteiger partial charge in [0.1, 0.15) is 6.54 Å². The zero-order valence-corrected chi connectivity index (χ0v) is 9.51. The highest BCUT2D eigenvalue weighted by Crippen LogP contribution is 2.13. The van der Waals surface area contributed by atoms with Crippen molar-refractivity contribution in [3.63, 3.8) is 0 Å². The van der Waals surface area contributed by atoms with Crippen molar-refractivity contribution in [3.05, 3.63) is 46.2 Å². The Balaban J connectivity index is 2.69. The lowest BCUT2D eigenvalue weighted by molar-refractivity contribution is -0.137. The van der Waals surface area contributed by atoms with E-state index in [0.717, 1.165) is 12.0 Å². The van der Waals surface area contributed by atoms with Crippen LogP contribution in [0.1, 0.15) is 12.5 Å². The zero-order chi connectivity index (χ0) is 12.4. The fourth-order valence-corrected chi connectivity index (χ4v) is 1.86. The van der Waals surface area contributed by atoms with E-state index in [1.807, 2.05) is 19.1 Å². The van der Waals surface area contributed by atoms with Gasteiger partial charge in [-0.3, -0.25) is 9.59 Å². The van der Waals surface area contributed by atoms with Gasteiger partial charge in [0.25, 0.3) is 0 Å². The second-order valence-corrected chi connectivity index (χ2v) is 3.91. The molecule has 88 valence electrons. The molecule has 1 aromatic carbocycles. The van der Waals surface area contributed by atoms with E-state index in [1.54, 1.807) is 10.6 Å². The maximum atomic E-state index is 11.7. The molecule has 0 aliphatic heterocycles. The number of fused-ring (bicyclic) bond motifs is 1. The monoisotopic (exact) mass is 231 g/mol. The molecule has 2 rings (SSSR count). The van der Waals surface area contributed by atoms with Gasteiger partial charge in [-0.05, 0) is 24.1 Å². The van der Waals surface area contributed by atoms with E-state index in [0.29, 0.717) is 10.9 Å². The standard InChI is InChI=1S/C13H13NO3/c1-2-9-3-4-11-10(7-9)12(15)5-6-14(11)8-13(16)17/h3-7H,2,8H2,1H3,(H,16,17). The molecule has 2 aromatic rings. The molecular formula is C13H13NO3. The van der Waals surface area contributed by atoms with Gasteiger partial charge < -0.3 is 9.67 Å². The van der Waals surface area contributed by atoms with E-state index in [9.17, 15) is 9.59 Å². The lowest BCUT2D eigenvalue weighted by Gasteiger charge is -2.08. The number of aromatic nitrogens is 1. The van der Waals surface area contributed by atoms with Gasteiger partial charge in [-0.25, -0.2) is 0 Å². The lowest BCUT2D eigenvalue weighted by atomic mass is 10.1. The number of benzene rings is 1. The van der Waals surface area contributed by atoms with Crippen molar-refractivity contribution >= 4 is 16.9 Å². The van der Waals surface area contributed by atoms with Crippen LogP contribution in [0.5, 0.6) is 0 Å². The van der Waals surface area contributed by atoms with E-state index in [4.69, 9.17) is 5.11 Å².